The average molecular weight is 336 g/mol. The van der Waals surface area contributed by atoms with Gasteiger partial charge in [0.05, 0.1) is 18.3 Å². The predicted octanol–water partition coefficient (Wildman–Crippen LogP) is 1.74. The molecular weight excluding hydrogens is 316 g/mol. The fourth-order valence-corrected chi connectivity index (χ4v) is 3.33. The van der Waals surface area contributed by atoms with Crippen molar-refractivity contribution in [2.75, 3.05) is 7.05 Å². The molecule has 0 radical (unpaired) electrons. The van der Waals surface area contributed by atoms with Gasteiger partial charge in [0.1, 0.15) is 6.04 Å². The summed E-state index contributed by atoms with van der Waals surface area (Å²) >= 11 is 0. The molecule has 7 nitrogen and oxygen atoms in total. The van der Waals surface area contributed by atoms with Crippen molar-refractivity contribution in [3.05, 3.63) is 53.6 Å². The largest absolute Gasteiger partial charge is 0.336 e. The average Bonchev–Trinajstić information content (AvgIpc) is 3.16. The summed E-state index contributed by atoms with van der Waals surface area (Å²) in [5, 5.41) is 13.0. The van der Waals surface area contributed by atoms with Crippen LogP contribution in [0.1, 0.15) is 23.1 Å². The number of benzene rings is 1. The van der Waals surface area contributed by atoms with Gasteiger partial charge < -0.3 is 4.90 Å². The zero-order valence-electron chi connectivity index (χ0n) is 14.5. The Hall–Kier alpha value is -2.96. The fraction of sp³-hybridized carbons (Fsp3) is 0.333. The SMILES string of the molecule is Cc1c(-c2nnc3n2[C@H](Cc2ccccc2)C(=O)N(C)C3)cnn1C. The highest BCUT2D eigenvalue weighted by Crippen LogP contribution is 2.31. The molecule has 2 aromatic heterocycles. The summed E-state index contributed by atoms with van der Waals surface area (Å²) in [5.74, 6) is 1.60. The molecule has 3 aromatic rings. The van der Waals surface area contributed by atoms with E-state index >= 15 is 0 Å². The van der Waals surface area contributed by atoms with Gasteiger partial charge in [-0.15, -0.1) is 10.2 Å². The highest BCUT2D eigenvalue weighted by Gasteiger charge is 2.35. The molecule has 0 saturated carbocycles. The van der Waals surface area contributed by atoms with E-state index in [2.05, 4.69) is 15.3 Å². The Morgan fingerprint density at radius 1 is 1.16 bits per heavy atom. The van der Waals surface area contributed by atoms with Crippen LogP contribution in [0.25, 0.3) is 11.4 Å². The van der Waals surface area contributed by atoms with Crippen LogP contribution < -0.4 is 0 Å². The molecule has 0 aliphatic carbocycles. The van der Waals surface area contributed by atoms with Crippen LogP contribution in [0.15, 0.2) is 36.5 Å². The van der Waals surface area contributed by atoms with Crippen LogP contribution in [0.5, 0.6) is 0 Å². The standard InChI is InChI=1S/C18H20N6O/c1-12-14(10-19-23(12)3)17-21-20-16-11-22(2)18(25)15(24(16)17)9-13-7-5-4-6-8-13/h4-8,10,15H,9,11H2,1-3H3/t15-/m1/s1. The van der Waals surface area contributed by atoms with E-state index in [1.807, 2.05) is 55.9 Å². The van der Waals surface area contributed by atoms with Crippen molar-refractivity contribution in [1.82, 2.24) is 29.4 Å². The Balaban J connectivity index is 1.82. The smallest absolute Gasteiger partial charge is 0.246 e. The van der Waals surface area contributed by atoms with E-state index < -0.39 is 0 Å². The number of amides is 1. The molecule has 128 valence electrons. The number of fused-ring (bicyclic) bond motifs is 1. The Morgan fingerprint density at radius 3 is 2.60 bits per heavy atom. The molecule has 1 atom stereocenters. The van der Waals surface area contributed by atoms with Crippen LogP contribution in [0.3, 0.4) is 0 Å². The first-order chi connectivity index (χ1) is 12.1. The monoisotopic (exact) mass is 336 g/mol. The van der Waals surface area contributed by atoms with E-state index in [9.17, 15) is 4.79 Å². The van der Waals surface area contributed by atoms with Crippen molar-refractivity contribution in [2.24, 2.45) is 7.05 Å². The number of rotatable bonds is 3. The lowest BCUT2D eigenvalue weighted by Crippen LogP contribution is -2.41. The van der Waals surface area contributed by atoms with Gasteiger partial charge in [-0.05, 0) is 12.5 Å². The number of hydrogen-bond donors (Lipinski definition) is 0. The van der Waals surface area contributed by atoms with Crippen LogP contribution in [-0.4, -0.2) is 42.4 Å². The molecule has 1 aliphatic heterocycles. The molecule has 0 fully saturated rings. The molecule has 3 heterocycles. The van der Waals surface area contributed by atoms with Gasteiger partial charge in [0.25, 0.3) is 0 Å². The molecule has 4 rings (SSSR count). The Labute approximate surface area is 145 Å². The first kappa shape index (κ1) is 15.6. The van der Waals surface area contributed by atoms with Crippen molar-refractivity contribution in [3.63, 3.8) is 0 Å². The molecular formula is C18H20N6O. The Bertz CT molecular complexity index is 926. The van der Waals surface area contributed by atoms with Gasteiger partial charge in [-0.2, -0.15) is 5.10 Å². The predicted molar refractivity (Wildman–Crippen MR) is 92.6 cm³/mol. The third kappa shape index (κ3) is 2.52. The minimum Gasteiger partial charge on any atom is -0.336 e. The minimum absolute atomic E-state index is 0.0824. The summed E-state index contributed by atoms with van der Waals surface area (Å²) in [6.07, 6.45) is 2.40. The van der Waals surface area contributed by atoms with Crippen LogP contribution in [0, 0.1) is 6.92 Å². The van der Waals surface area contributed by atoms with Crippen molar-refractivity contribution in [3.8, 4) is 11.4 Å². The number of aryl methyl sites for hydroxylation is 1. The maximum Gasteiger partial charge on any atom is 0.246 e. The molecule has 1 aromatic carbocycles. The zero-order valence-corrected chi connectivity index (χ0v) is 14.5. The van der Waals surface area contributed by atoms with Crippen LogP contribution in [0.2, 0.25) is 0 Å². The van der Waals surface area contributed by atoms with E-state index in [-0.39, 0.29) is 11.9 Å². The molecule has 0 saturated heterocycles. The van der Waals surface area contributed by atoms with Crippen molar-refractivity contribution >= 4 is 5.91 Å². The summed E-state index contributed by atoms with van der Waals surface area (Å²) in [4.78, 5) is 14.6. The Kier molecular flexibility index (Phi) is 3.63. The number of nitrogens with zero attached hydrogens (tertiary/aromatic N) is 6. The second kappa shape index (κ2) is 5.84. The topological polar surface area (TPSA) is 68.8 Å². The summed E-state index contributed by atoms with van der Waals surface area (Å²) < 4.78 is 3.79. The highest BCUT2D eigenvalue weighted by molar-refractivity contribution is 5.82. The number of carbonyl (C=O) groups is 1. The lowest BCUT2D eigenvalue weighted by atomic mass is 10.0. The van der Waals surface area contributed by atoms with Gasteiger partial charge in [-0.1, -0.05) is 30.3 Å². The summed E-state index contributed by atoms with van der Waals surface area (Å²) in [5.41, 5.74) is 3.03. The third-order valence-corrected chi connectivity index (χ3v) is 4.87. The van der Waals surface area contributed by atoms with Crippen LogP contribution >= 0.6 is 0 Å². The fourth-order valence-electron chi connectivity index (χ4n) is 3.33. The van der Waals surface area contributed by atoms with E-state index in [0.29, 0.717) is 18.8 Å². The zero-order chi connectivity index (χ0) is 17.6. The van der Waals surface area contributed by atoms with Gasteiger partial charge in [0, 0.05) is 26.2 Å². The maximum atomic E-state index is 12.9. The lowest BCUT2D eigenvalue weighted by molar-refractivity contribution is -0.135. The molecule has 1 amide bonds. The number of hydrogen-bond acceptors (Lipinski definition) is 4. The first-order valence-corrected chi connectivity index (χ1v) is 8.28. The summed E-state index contributed by atoms with van der Waals surface area (Å²) in [6, 6.07) is 9.70. The molecule has 25 heavy (non-hydrogen) atoms. The molecule has 0 spiro atoms. The third-order valence-electron chi connectivity index (χ3n) is 4.87. The summed E-state index contributed by atoms with van der Waals surface area (Å²) in [7, 11) is 3.71. The number of aromatic nitrogens is 5. The van der Waals surface area contributed by atoms with E-state index in [1.165, 1.54) is 0 Å². The van der Waals surface area contributed by atoms with Crippen LogP contribution in [-0.2, 0) is 24.8 Å². The molecule has 7 heteroatoms. The molecule has 0 N–H and O–H groups in total. The normalized spacial score (nSPS) is 17.0. The van der Waals surface area contributed by atoms with Crippen LogP contribution in [0.4, 0.5) is 0 Å². The molecule has 0 bridgehead atoms. The van der Waals surface area contributed by atoms with Gasteiger partial charge in [0.2, 0.25) is 5.91 Å². The second-order valence-electron chi connectivity index (χ2n) is 6.48. The first-order valence-electron chi connectivity index (χ1n) is 8.28. The minimum atomic E-state index is -0.347. The highest BCUT2D eigenvalue weighted by atomic mass is 16.2. The van der Waals surface area contributed by atoms with E-state index in [1.54, 1.807) is 15.8 Å². The van der Waals surface area contributed by atoms with Gasteiger partial charge >= 0.3 is 0 Å². The quantitative estimate of drug-likeness (QED) is 0.731. The van der Waals surface area contributed by atoms with E-state index in [0.717, 1.165) is 22.6 Å². The summed E-state index contributed by atoms with van der Waals surface area (Å²) in [6.45, 7) is 2.46. The van der Waals surface area contributed by atoms with E-state index in [4.69, 9.17) is 0 Å². The van der Waals surface area contributed by atoms with Gasteiger partial charge in [0.15, 0.2) is 11.6 Å². The number of likely N-dealkylation sites (N-methyl/N-ethyl adjacent to an activating group) is 1. The second-order valence-corrected chi connectivity index (χ2v) is 6.48. The maximum absolute atomic E-state index is 12.9. The Morgan fingerprint density at radius 2 is 1.92 bits per heavy atom. The van der Waals surface area contributed by atoms with Crippen molar-refractivity contribution in [1.29, 1.82) is 0 Å². The van der Waals surface area contributed by atoms with Crippen molar-refractivity contribution < 1.29 is 4.79 Å². The molecule has 0 unspecified atom stereocenters. The van der Waals surface area contributed by atoms with Gasteiger partial charge in [-0.25, -0.2) is 0 Å². The van der Waals surface area contributed by atoms with Gasteiger partial charge in [-0.3, -0.25) is 14.0 Å². The van der Waals surface area contributed by atoms with Crippen molar-refractivity contribution in [2.45, 2.75) is 25.9 Å². The number of carbonyl (C=O) groups excluding carboxylic acids is 1. The molecule has 1 aliphatic rings. The lowest BCUT2D eigenvalue weighted by Gasteiger charge is -2.31.